The van der Waals surface area contributed by atoms with Crippen molar-refractivity contribution in [2.75, 3.05) is 26.0 Å². The van der Waals surface area contributed by atoms with Crippen LogP contribution < -0.4 is 0 Å². The van der Waals surface area contributed by atoms with Gasteiger partial charge in [0.2, 0.25) is 10.0 Å². The number of H-pyrrole nitrogens is 1. The quantitative estimate of drug-likeness (QED) is 0.650. The molecule has 0 radical (unpaired) electrons. The molecule has 1 aliphatic carbocycles. The topological polar surface area (TPSA) is 101 Å². The number of ether oxygens (including phenoxy) is 1. The van der Waals surface area contributed by atoms with Crippen LogP contribution in [0.4, 0.5) is 0 Å². The molecule has 1 N–H and O–H groups in total. The number of nitrogens with one attached hydrogen (secondary N) is 1. The van der Waals surface area contributed by atoms with Crippen LogP contribution in [0, 0.1) is 5.92 Å². The van der Waals surface area contributed by atoms with E-state index in [2.05, 4.69) is 20.2 Å². The van der Waals surface area contributed by atoms with Crippen LogP contribution in [0.15, 0.2) is 24.7 Å². The van der Waals surface area contributed by atoms with E-state index in [1.165, 1.54) is 0 Å². The van der Waals surface area contributed by atoms with E-state index in [0.29, 0.717) is 19.0 Å². The van der Waals surface area contributed by atoms with Crippen molar-refractivity contribution in [3.05, 3.63) is 30.4 Å². The Morgan fingerprint density at radius 1 is 1.16 bits per heavy atom. The summed E-state index contributed by atoms with van der Waals surface area (Å²) in [5.41, 5.74) is 1.88. The summed E-state index contributed by atoms with van der Waals surface area (Å²) in [6.07, 6.45) is 11.0. The van der Waals surface area contributed by atoms with Gasteiger partial charge in [0, 0.05) is 60.4 Å². The fourth-order valence-corrected chi connectivity index (χ4v) is 7.21. The predicted octanol–water partition coefficient (Wildman–Crippen LogP) is 3.22. The Labute approximate surface area is 182 Å². The molecule has 1 unspecified atom stereocenters. The lowest BCUT2D eigenvalue weighted by atomic mass is 9.80. The van der Waals surface area contributed by atoms with Crippen molar-refractivity contribution in [3.63, 3.8) is 0 Å². The molecule has 1 saturated heterocycles. The van der Waals surface area contributed by atoms with E-state index in [4.69, 9.17) is 4.74 Å². The van der Waals surface area contributed by atoms with E-state index in [-0.39, 0.29) is 17.8 Å². The van der Waals surface area contributed by atoms with Crippen LogP contribution in [-0.4, -0.2) is 64.9 Å². The Balaban J connectivity index is 1.29. The van der Waals surface area contributed by atoms with Crippen molar-refractivity contribution in [2.24, 2.45) is 5.92 Å². The highest BCUT2D eigenvalue weighted by molar-refractivity contribution is 7.89. The van der Waals surface area contributed by atoms with Crippen molar-refractivity contribution < 1.29 is 13.2 Å². The van der Waals surface area contributed by atoms with Crippen LogP contribution in [0.3, 0.4) is 0 Å². The number of rotatable bonds is 5. The molecule has 1 atom stereocenters. The minimum absolute atomic E-state index is 0.0191. The summed E-state index contributed by atoms with van der Waals surface area (Å²) >= 11 is 0. The third-order valence-electron chi connectivity index (χ3n) is 6.99. The Bertz CT molecular complexity index is 1170. The second-order valence-electron chi connectivity index (χ2n) is 8.91. The molecular weight excluding hydrogens is 414 g/mol. The molecule has 8 nitrogen and oxygen atoms in total. The fourth-order valence-electron chi connectivity index (χ4n) is 5.27. The molecule has 1 saturated carbocycles. The minimum atomic E-state index is -3.25. The van der Waals surface area contributed by atoms with E-state index >= 15 is 0 Å². The Hall–Kier alpha value is -2.10. The summed E-state index contributed by atoms with van der Waals surface area (Å²) in [6, 6.07) is 2.01. The molecule has 2 fully saturated rings. The first-order valence-electron chi connectivity index (χ1n) is 11.1. The lowest BCUT2D eigenvalue weighted by Crippen LogP contribution is -2.44. The van der Waals surface area contributed by atoms with Gasteiger partial charge in [-0.1, -0.05) is 0 Å². The second kappa shape index (κ2) is 8.44. The summed E-state index contributed by atoms with van der Waals surface area (Å²) in [7, 11) is -1.58. The first kappa shape index (κ1) is 20.8. The van der Waals surface area contributed by atoms with Crippen LogP contribution in [0.2, 0.25) is 0 Å². The minimum Gasteiger partial charge on any atom is -0.380 e. The molecule has 1 aliphatic heterocycles. The SMILES string of the molecule is COC1CCCN(S(=O)(=O)CC2CCC(c3[nH]ncc4cnc5nccc5c34)CC2)C1. The lowest BCUT2D eigenvalue weighted by molar-refractivity contribution is 0.0570. The van der Waals surface area contributed by atoms with Crippen molar-refractivity contribution in [3.8, 4) is 0 Å². The van der Waals surface area contributed by atoms with Crippen LogP contribution >= 0.6 is 0 Å². The summed E-state index contributed by atoms with van der Waals surface area (Å²) in [4.78, 5) is 8.76. The number of nitrogens with zero attached hydrogens (tertiary/aromatic N) is 4. The van der Waals surface area contributed by atoms with Gasteiger partial charge in [-0.2, -0.15) is 9.40 Å². The first-order valence-corrected chi connectivity index (χ1v) is 12.7. The number of hydrogen-bond donors (Lipinski definition) is 1. The molecule has 9 heteroatoms. The van der Waals surface area contributed by atoms with Gasteiger partial charge in [0.1, 0.15) is 0 Å². The maximum absolute atomic E-state index is 13.0. The number of aromatic nitrogens is 4. The number of methoxy groups -OCH3 is 1. The molecule has 0 amide bonds. The molecule has 0 spiro atoms. The van der Waals surface area contributed by atoms with E-state index < -0.39 is 10.0 Å². The fraction of sp³-hybridized carbons (Fsp3) is 0.591. The molecule has 0 bridgehead atoms. The maximum atomic E-state index is 13.0. The maximum Gasteiger partial charge on any atom is 0.214 e. The van der Waals surface area contributed by atoms with Crippen LogP contribution in [0.5, 0.6) is 0 Å². The van der Waals surface area contributed by atoms with Gasteiger partial charge in [-0.3, -0.25) is 5.10 Å². The average molecular weight is 444 g/mol. The van der Waals surface area contributed by atoms with Crippen molar-refractivity contribution in [2.45, 2.75) is 50.5 Å². The predicted molar refractivity (Wildman–Crippen MR) is 119 cm³/mol. The zero-order valence-electron chi connectivity index (χ0n) is 17.8. The number of hydrogen-bond acceptors (Lipinski definition) is 6. The van der Waals surface area contributed by atoms with Crippen molar-refractivity contribution in [1.82, 2.24) is 24.5 Å². The molecule has 166 valence electrons. The van der Waals surface area contributed by atoms with E-state index in [9.17, 15) is 8.42 Å². The van der Waals surface area contributed by atoms with Gasteiger partial charge in [0.05, 0.1) is 18.1 Å². The number of pyridine rings is 1. The molecule has 0 aromatic carbocycles. The monoisotopic (exact) mass is 443 g/mol. The van der Waals surface area contributed by atoms with Gasteiger partial charge in [0.15, 0.2) is 5.65 Å². The summed E-state index contributed by atoms with van der Waals surface area (Å²) in [5.74, 6) is 0.784. The summed E-state index contributed by atoms with van der Waals surface area (Å²) in [6.45, 7) is 1.11. The molecule has 3 aromatic rings. The standard InChI is InChI=1S/C22H29N5O3S/c1-30-18-3-2-10-27(13-18)31(28,29)14-15-4-6-16(7-5-15)21-20-17(12-25-26-21)11-24-22-19(20)8-9-23-22/h8-9,11-12,15-16,18,26H,2-7,10,13-14H2,1H3. The first-order chi connectivity index (χ1) is 15.0. The van der Waals surface area contributed by atoms with Gasteiger partial charge in [0.25, 0.3) is 0 Å². The van der Waals surface area contributed by atoms with Crippen LogP contribution in [0.1, 0.15) is 50.1 Å². The van der Waals surface area contributed by atoms with Crippen molar-refractivity contribution in [1.29, 1.82) is 0 Å². The smallest absolute Gasteiger partial charge is 0.214 e. The number of fused-ring (bicyclic) bond motifs is 3. The van der Waals surface area contributed by atoms with Gasteiger partial charge in [-0.15, -0.1) is 0 Å². The highest BCUT2D eigenvalue weighted by atomic mass is 32.2. The highest BCUT2D eigenvalue weighted by Gasteiger charge is 2.33. The van der Waals surface area contributed by atoms with Crippen LogP contribution in [0.25, 0.3) is 21.8 Å². The van der Waals surface area contributed by atoms with Crippen molar-refractivity contribution >= 4 is 31.8 Å². The van der Waals surface area contributed by atoms with Gasteiger partial charge in [-0.05, 0) is 50.5 Å². The highest BCUT2D eigenvalue weighted by Crippen LogP contribution is 2.39. The number of aromatic amines is 1. The Kier molecular flexibility index (Phi) is 5.66. The molecule has 4 heterocycles. The zero-order chi connectivity index (χ0) is 21.4. The van der Waals surface area contributed by atoms with Gasteiger partial charge < -0.3 is 4.74 Å². The molecule has 31 heavy (non-hydrogen) atoms. The lowest BCUT2D eigenvalue weighted by Gasteiger charge is -2.34. The third kappa shape index (κ3) is 4.06. The second-order valence-corrected chi connectivity index (χ2v) is 10.9. The summed E-state index contributed by atoms with van der Waals surface area (Å²) < 4.78 is 33.0. The van der Waals surface area contributed by atoms with Gasteiger partial charge >= 0.3 is 0 Å². The summed E-state index contributed by atoms with van der Waals surface area (Å²) in [5, 5.41) is 10.8. The number of piperidine rings is 1. The normalized spacial score (nSPS) is 25.9. The third-order valence-corrected chi connectivity index (χ3v) is 9.00. The molecular formula is C22H29N5O3S. The van der Waals surface area contributed by atoms with E-state index in [1.807, 2.05) is 18.5 Å². The number of sulfonamides is 1. The van der Waals surface area contributed by atoms with Crippen LogP contribution in [-0.2, 0) is 14.8 Å². The molecule has 5 rings (SSSR count). The average Bonchev–Trinajstić information content (AvgIpc) is 3.28. The molecule has 2 aliphatic rings. The Morgan fingerprint density at radius 2 is 2.00 bits per heavy atom. The van der Waals surface area contributed by atoms with Gasteiger partial charge in [-0.25, -0.2) is 18.4 Å². The molecule has 3 aromatic heterocycles. The van der Waals surface area contributed by atoms with E-state index in [1.54, 1.807) is 17.6 Å². The zero-order valence-corrected chi connectivity index (χ0v) is 18.6. The Morgan fingerprint density at radius 3 is 2.81 bits per heavy atom. The largest absolute Gasteiger partial charge is 0.380 e. The van der Waals surface area contributed by atoms with E-state index in [0.717, 1.165) is 66.0 Å².